The molecular formula is C6H13NO3. The zero-order valence-corrected chi connectivity index (χ0v) is 6.46. The van der Waals surface area contributed by atoms with Crippen molar-refractivity contribution in [1.29, 1.82) is 0 Å². The molecular weight excluding hydrogens is 134 g/mol. The lowest BCUT2D eigenvalue weighted by atomic mass is 10.2. The topological polar surface area (TPSA) is 61.5 Å². The summed E-state index contributed by atoms with van der Waals surface area (Å²) in [4.78, 5) is 10.7. The van der Waals surface area contributed by atoms with Gasteiger partial charge in [0.05, 0.1) is 13.2 Å². The van der Waals surface area contributed by atoms with Gasteiger partial charge in [0.25, 0.3) is 0 Å². The van der Waals surface area contributed by atoms with Crippen LogP contribution in [0.15, 0.2) is 0 Å². The molecule has 0 amide bonds. The molecule has 0 aliphatic rings. The van der Waals surface area contributed by atoms with Crippen molar-refractivity contribution in [2.24, 2.45) is 5.73 Å². The molecule has 0 saturated heterocycles. The van der Waals surface area contributed by atoms with Crippen molar-refractivity contribution in [2.45, 2.75) is 19.1 Å². The van der Waals surface area contributed by atoms with Crippen molar-refractivity contribution in [3.8, 4) is 0 Å². The summed E-state index contributed by atoms with van der Waals surface area (Å²) >= 11 is 0. The molecule has 0 aromatic rings. The smallest absolute Gasteiger partial charge is 0.325 e. The van der Waals surface area contributed by atoms with Crippen LogP contribution >= 0.6 is 0 Å². The Kier molecular flexibility index (Phi) is 3.99. The van der Waals surface area contributed by atoms with Gasteiger partial charge in [-0.3, -0.25) is 4.79 Å². The molecule has 0 fully saturated rings. The summed E-state index contributed by atoms with van der Waals surface area (Å²) in [5.74, 6) is -0.450. The maximum absolute atomic E-state index is 10.7. The van der Waals surface area contributed by atoms with E-state index in [1.807, 2.05) is 0 Å². The van der Waals surface area contributed by atoms with Gasteiger partial charge in [0.2, 0.25) is 0 Å². The third-order valence-electron chi connectivity index (χ3n) is 1.35. The number of esters is 1. The van der Waals surface area contributed by atoms with Gasteiger partial charge in [0, 0.05) is 7.11 Å². The lowest BCUT2D eigenvalue weighted by Gasteiger charge is -2.15. The van der Waals surface area contributed by atoms with E-state index in [0.29, 0.717) is 0 Å². The van der Waals surface area contributed by atoms with Crippen LogP contribution in [-0.4, -0.2) is 32.3 Å². The molecule has 4 nitrogen and oxygen atoms in total. The highest BCUT2D eigenvalue weighted by Crippen LogP contribution is 1.95. The summed E-state index contributed by atoms with van der Waals surface area (Å²) in [7, 11) is 2.79. The Morgan fingerprint density at radius 3 is 2.30 bits per heavy atom. The van der Waals surface area contributed by atoms with Crippen LogP contribution in [0.2, 0.25) is 0 Å². The zero-order valence-electron chi connectivity index (χ0n) is 6.46. The summed E-state index contributed by atoms with van der Waals surface area (Å²) < 4.78 is 9.20. The minimum Gasteiger partial charge on any atom is -0.468 e. The molecule has 2 atom stereocenters. The third-order valence-corrected chi connectivity index (χ3v) is 1.35. The highest BCUT2D eigenvalue weighted by molar-refractivity contribution is 5.75. The summed E-state index contributed by atoms with van der Waals surface area (Å²) in [6.07, 6.45) is -0.299. The first kappa shape index (κ1) is 9.39. The number of ether oxygens (including phenoxy) is 2. The van der Waals surface area contributed by atoms with Gasteiger partial charge < -0.3 is 15.2 Å². The molecule has 0 aliphatic carbocycles. The third kappa shape index (κ3) is 2.33. The van der Waals surface area contributed by atoms with Gasteiger partial charge >= 0.3 is 5.97 Å². The van der Waals surface area contributed by atoms with Gasteiger partial charge in [0.1, 0.15) is 6.04 Å². The molecule has 0 aliphatic heterocycles. The van der Waals surface area contributed by atoms with E-state index in [-0.39, 0.29) is 6.10 Å². The van der Waals surface area contributed by atoms with Crippen molar-refractivity contribution in [2.75, 3.05) is 14.2 Å². The highest BCUT2D eigenvalue weighted by Gasteiger charge is 2.20. The lowest BCUT2D eigenvalue weighted by molar-refractivity contribution is -0.145. The summed E-state index contributed by atoms with van der Waals surface area (Å²) in [5, 5.41) is 0. The van der Waals surface area contributed by atoms with Crippen molar-refractivity contribution >= 4 is 5.97 Å². The number of methoxy groups -OCH3 is 2. The van der Waals surface area contributed by atoms with Crippen LogP contribution in [0.4, 0.5) is 0 Å². The van der Waals surface area contributed by atoms with E-state index >= 15 is 0 Å². The predicted octanol–water partition coefficient (Wildman–Crippen LogP) is -0.478. The van der Waals surface area contributed by atoms with E-state index in [9.17, 15) is 4.79 Å². The van der Waals surface area contributed by atoms with Crippen LogP contribution in [0.5, 0.6) is 0 Å². The quantitative estimate of drug-likeness (QED) is 0.548. The Morgan fingerprint density at radius 2 is 2.00 bits per heavy atom. The molecule has 10 heavy (non-hydrogen) atoms. The van der Waals surface area contributed by atoms with Crippen molar-refractivity contribution < 1.29 is 14.3 Å². The number of hydrogen-bond acceptors (Lipinski definition) is 4. The van der Waals surface area contributed by atoms with E-state index in [0.717, 1.165) is 0 Å². The molecule has 0 bridgehead atoms. The summed E-state index contributed by atoms with van der Waals surface area (Å²) in [5.41, 5.74) is 5.38. The minimum atomic E-state index is -0.685. The van der Waals surface area contributed by atoms with Gasteiger partial charge in [-0.25, -0.2) is 0 Å². The Bertz CT molecular complexity index is 116. The molecule has 0 aromatic heterocycles. The van der Waals surface area contributed by atoms with Crippen molar-refractivity contribution in [1.82, 2.24) is 0 Å². The summed E-state index contributed by atoms with van der Waals surface area (Å²) in [6.45, 7) is 1.71. The van der Waals surface area contributed by atoms with E-state index < -0.39 is 12.0 Å². The van der Waals surface area contributed by atoms with Gasteiger partial charge in [0.15, 0.2) is 0 Å². The average molecular weight is 147 g/mol. The first-order chi connectivity index (χ1) is 4.63. The number of carbonyl (C=O) groups is 1. The maximum atomic E-state index is 10.7. The fraction of sp³-hybridized carbons (Fsp3) is 0.833. The zero-order chi connectivity index (χ0) is 8.15. The highest BCUT2D eigenvalue weighted by atomic mass is 16.5. The predicted molar refractivity (Wildman–Crippen MR) is 36.5 cm³/mol. The van der Waals surface area contributed by atoms with E-state index in [1.165, 1.54) is 14.2 Å². The van der Waals surface area contributed by atoms with E-state index in [1.54, 1.807) is 6.92 Å². The molecule has 0 saturated carbocycles. The van der Waals surface area contributed by atoms with Gasteiger partial charge in [-0.1, -0.05) is 0 Å². The number of nitrogens with two attached hydrogens (primary N) is 1. The molecule has 0 rings (SSSR count). The number of rotatable bonds is 3. The second-order valence-corrected chi connectivity index (χ2v) is 1.99. The SMILES string of the molecule is COC(=O)[C@H](N)C(C)OC. The van der Waals surface area contributed by atoms with Crippen LogP contribution in [0.3, 0.4) is 0 Å². The molecule has 0 spiro atoms. The molecule has 0 radical (unpaired) electrons. The molecule has 4 heteroatoms. The van der Waals surface area contributed by atoms with Crippen LogP contribution in [0.1, 0.15) is 6.92 Å². The Labute approximate surface area is 60.3 Å². The normalized spacial score (nSPS) is 16.0. The first-order valence-electron chi connectivity index (χ1n) is 2.99. The summed E-state index contributed by atoms with van der Waals surface area (Å²) in [6, 6.07) is -0.685. The van der Waals surface area contributed by atoms with E-state index in [4.69, 9.17) is 10.5 Å². The van der Waals surface area contributed by atoms with Crippen LogP contribution in [0.25, 0.3) is 0 Å². The fourth-order valence-corrected chi connectivity index (χ4v) is 0.474. The Morgan fingerprint density at radius 1 is 1.50 bits per heavy atom. The van der Waals surface area contributed by atoms with Gasteiger partial charge in [-0.15, -0.1) is 0 Å². The molecule has 60 valence electrons. The second kappa shape index (κ2) is 4.24. The number of carbonyl (C=O) groups excluding carboxylic acids is 1. The van der Waals surface area contributed by atoms with Crippen LogP contribution in [-0.2, 0) is 14.3 Å². The molecule has 0 heterocycles. The Balaban J connectivity index is 3.81. The number of hydrogen-bond donors (Lipinski definition) is 1. The fourth-order valence-electron chi connectivity index (χ4n) is 0.474. The molecule has 2 N–H and O–H groups in total. The average Bonchev–Trinajstić information content (AvgIpc) is 2.00. The van der Waals surface area contributed by atoms with Crippen LogP contribution < -0.4 is 5.73 Å². The van der Waals surface area contributed by atoms with Crippen molar-refractivity contribution in [3.63, 3.8) is 0 Å². The maximum Gasteiger partial charge on any atom is 0.325 e. The molecule has 0 aromatic carbocycles. The van der Waals surface area contributed by atoms with Crippen LogP contribution in [0, 0.1) is 0 Å². The van der Waals surface area contributed by atoms with E-state index in [2.05, 4.69) is 4.74 Å². The minimum absolute atomic E-state index is 0.299. The molecule has 1 unspecified atom stereocenters. The second-order valence-electron chi connectivity index (χ2n) is 1.99. The lowest BCUT2D eigenvalue weighted by Crippen LogP contribution is -2.41. The van der Waals surface area contributed by atoms with Gasteiger partial charge in [-0.2, -0.15) is 0 Å². The van der Waals surface area contributed by atoms with Crippen molar-refractivity contribution in [3.05, 3.63) is 0 Å². The first-order valence-corrected chi connectivity index (χ1v) is 2.99. The monoisotopic (exact) mass is 147 g/mol. The standard InChI is InChI=1S/C6H13NO3/c1-4(9-2)5(7)6(8)10-3/h4-5H,7H2,1-3H3/t4?,5-/m1/s1. The largest absolute Gasteiger partial charge is 0.468 e. The van der Waals surface area contributed by atoms with Gasteiger partial charge in [-0.05, 0) is 6.92 Å². The Hall–Kier alpha value is -0.610.